The summed E-state index contributed by atoms with van der Waals surface area (Å²) in [4.78, 5) is 36.6. The van der Waals surface area contributed by atoms with Crippen LogP contribution >= 0.6 is 0 Å². The van der Waals surface area contributed by atoms with Crippen LogP contribution in [0.5, 0.6) is 0 Å². The van der Waals surface area contributed by atoms with Gasteiger partial charge in [-0.15, -0.1) is 0 Å². The summed E-state index contributed by atoms with van der Waals surface area (Å²) in [5.74, 6) is -4.91. The van der Waals surface area contributed by atoms with E-state index in [2.05, 4.69) is 0 Å². The van der Waals surface area contributed by atoms with E-state index in [4.69, 9.17) is 15.2 Å². The van der Waals surface area contributed by atoms with Crippen LogP contribution in [0.3, 0.4) is 0 Å². The van der Waals surface area contributed by atoms with Crippen LogP contribution in [-0.2, 0) is 20.9 Å². The van der Waals surface area contributed by atoms with Crippen LogP contribution in [0, 0.1) is 17.5 Å². The molecule has 7 nitrogen and oxygen atoms in total. The summed E-state index contributed by atoms with van der Waals surface area (Å²) in [7, 11) is 1.25. The number of carbonyl (C=O) groups is 2. The number of rotatable bonds is 5. The van der Waals surface area contributed by atoms with E-state index >= 15 is 0 Å². The number of nitrogens with two attached hydrogens (primary N) is 1. The lowest BCUT2D eigenvalue weighted by molar-refractivity contribution is -0.142. The highest BCUT2D eigenvalue weighted by Crippen LogP contribution is 2.26. The SMILES string of the molecule is Bc1c(F)c(F)cc2c(=O)c(C(=O)OCC)cn(-c3cc(N)c(F)cc3COC(C)=O)c12. The Morgan fingerprint density at radius 1 is 1.12 bits per heavy atom. The minimum absolute atomic E-state index is 0.0334. The molecule has 0 amide bonds. The highest BCUT2D eigenvalue weighted by Gasteiger charge is 2.23. The number of fused-ring (bicyclic) bond motifs is 1. The molecule has 1 aromatic heterocycles. The molecule has 0 saturated carbocycles. The molecule has 0 bridgehead atoms. The average molecular weight is 446 g/mol. The summed E-state index contributed by atoms with van der Waals surface area (Å²) in [6, 6.07) is 2.86. The molecule has 0 unspecified atom stereocenters. The van der Waals surface area contributed by atoms with Crippen LogP contribution in [0.25, 0.3) is 16.6 Å². The Morgan fingerprint density at radius 2 is 1.81 bits per heavy atom. The van der Waals surface area contributed by atoms with Gasteiger partial charge in [0.2, 0.25) is 5.43 Å². The van der Waals surface area contributed by atoms with Crippen molar-refractivity contribution in [2.45, 2.75) is 20.5 Å². The van der Waals surface area contributed by atoms with Gasteiger partial charge in [0.15, 0.2) is 11.6 Å². The third-order valence-electron chi connectivity index (χ3n) is 4.79. The normalized spacial score (nSPS) is 10.9. The van der Waals surface area contributed by atoms with E-state index in [1.165, 1.54) is 25.4 Å². The number of pyridine rings is 1. The molecule has 166 valence electrons. The number of halogens is 3. The summed E-state index contributed by atoms with van der Waals surface area (Å²) < 4.78 is 53.8. The Bertz CT molecular complexity index is 1320. The summed E-state index contributed by atoms with van der Waals surface area (Å²) in [5, 5.41) is -0.298. The van der Waals surface area contributed by atoms with Crippen LogP contribution in [0.15, 0.2) is 29.2 Å². The second-order valence-corrected chi connectivity index (χ2v) is 6.94. The molecule has 2 N–H and O–H groups in total. The molecule has 0 aliphatic heterocycles. The number of nitrogens with zero attached hydrogens (tertiary/aromatic N) is 1. The first-order valence-corrected chi connectivity index (χ1v) is 9.49. The van der Waals surface area contributed by atoms with E-state index in [1.54, 1.807) is 0 Å². The predicted molar refractivity (Wildman–Crippen MR) is 113 cm³/mol. The third kappa shape index (κ3) is 4.05. The molecule has 11 heteroatoms. The number of aromatic nitrogens is 1. The number of hydrogen-bond donors (Lipinski definition) is 1. The second-order valence-electron chi connectivity index (χ2n) is 6.94. The van der Waals surface area contributed by atoms with Crippen LogP contribution in [-0.4, -0.2) is 31.0 Å². The van der Waals surface area contributed by atoms with Gasteiger partial charge in [-0.25, -0.2) is 18.0 Å². The molecule has 2 aromatic carbocycles. The van der Waals surface area contributed by atoms with Crippen LogP contribution in [0.2, 0.25) is 0 Å². The van der Waals surface area contributed by atoms with Crippen molar-refractivity contribution in [1.82, 2.24) is 4.57 Å². The van der Waals surface area contributed by atoms with Crippen molar-refractivity contribution >= 4 is 41.8 Å². The molecule has 0 fully saturated rings. The summed E-state index contributed by atoms with van der Waals surface area (Å²) in [6.07, 6.45) is 1.08. The lowest BCUT2D eigenvalue weighted by Crippen LogP contribution is -2.26. The van der Waals surface area contributed by atoms with Gasteiger partial charge in [0.25, 0.3) is 0 Å². The molecular weight excluding hydrogens is 428 g/mol. The van der Waals surface area contributed by atoms with Gasteiger partial charge < -0.3 is 19.8 Å². The Morgan fingerprint density at radius 3 is 2.44 bits per heavy atom. The van der Waals surface area contributed by atoms with E-state index in [9.17, 15) is 27.6 Å². The molecule has 32 heavy (non-hydrogen) atoms. The Balaban J connectivity index is 2.47. The van der Waals surface area contributed by atoms with Crippen molar-refractivity contribution in [3.05, 3.63) is 63.2 Å². The highest BCUT2D eigenvalue weighted by molar-refractivity contribution is 6.38. The number of benzene rings is 2. The average Bonchev–Trinajstić information content (AvgIpc) is 2.73. The topological polar surface area (TPSA) is 101 Å². The molecule has 0 aliphatic carbocycles. The number of ether oxygens (including phenoxy) is 2. The zero-order valence-corrected chi connectivity index (χ0v) is 17.4. The highest BCUT2D eigenvalue weighted by atomic mass is 19.2. The quantitative estimate of drug-likeness (QED) is 0.362. The van der Waals surface area contributed by atoms with Crippen molar-refractivity contribution in [2.75, 3.05) is 12.3 Å². The number of nitrogen functional groups attached to an aromatic ring is 1. The van der Waals surface area contributed by atoms with Crippen molar-refractivity contribution in [2.24, 2.45) is 0 Å². The van der Waals surface area contributed by atoms with Crippen molar-refractivity contribution < 1.29 is 32.2 Å². The maximum absolute atomic E-state index is 14.4. The summed E-state index contributed by atoms with van der Waals surface area (Å²) in [6.45, 7) is 2.28. The third-order valence-corrected chi connectivity index (χ3v) is 4.79. The second kappa shape index (κ2) is 8.78. The van der Waals surface area contributed by atoms with Crippen LogP contribution in [0.4, 0.5) is 18.9 Å². The van der Waals surface area contributed by atoms with Gasteiger partial charge in [0.1, 0.15) is 25.8 Å². The Hall–Kier alpha value is -3.76. The molecule has 3 aromatic rings. The summed E-state index contributed by atoms with van der Waals surface area (Å²) in [5.41, 5.74) is 4.00. The van der Waals surface area contributed by atoms with Gasteiger partial charge in [0.05, 0.1) is 23.5 Å². The zero-order valence-electron chi connectivity index (χ0n) is 17.4. The largest absolute Gasteiger partial charge is 0.462 e. The van der Waals surface area contributed by atoms with E-state index < -0.39 is 40.4 Å². The monoisotopic (exact) mass is 446 g/mol. The fourth-order valence-corrected chi connectivity index (χ4v) is 3.31. The lowest BCUT2D eigenvalue weighted by Gasteiger charge is -2.19. The summed E-state index contributed by atoms with van der Waals surface area (Å²) >= 11 is 0. The molecule has 0 saturated heterocycles. The van der Waals surface area contributed by atoms with Crippen molar-refractivity contribution in [3.63, 3.8) is 0 Å². The smallest absolute Gasteiger partial charge is 0.343 e. The minimum atomic E-state index is -1.28. The molecule has 3 rings (SSSR count). The minimum Gasteiger partial charge on any atom is -0.462 e. The lowest BCUT2D eigenvalue weighted by atomic mass is 9.91. The Kier molecular flexibility index (Phi) is 6.28. The molecule has 0 atom stereocenters. The van der Waals surface area contributed by atoms with Gasteiger partial charge in [-0.1, -0.05) is 0 Å². The van der Waals surface area contributed by atoms with Gasteiger partial charge in [-0.2, -0.15) is 0 Å². The first-order valence-electron chi connectivity index (χ1n) is 9.49. The maximum Gasteiger partial charge on any atom is 0.343 e. The van der Waals surface area contributed by atoms with Crippen LogP contribution in [0.1, 0.15) is 29.8 Å². The standard InChI is InChI=1S/C21H18BF3N2O5/c1-3-31-21(30)12-7-27(19-11(20(12)29)5-14(24)18(25)17(19)22)16-6-15(26)13(23)4-10(16)8-32-9(2)28/h4-7H,3,8,22,26H2,1-2H3. The number of esters is 2. The molecule has 0 radical (unpaired) electrons. The van der Waals surface area contributed by atoms with E-state index in [0.29, 0.717) is 6.07 Å². The predicted octanol–water partition coefficient (Wildman–Crippen LogP) is 1.49. The van der Waals surface area contributed by atoms with Gasteiger partial charge in [-0.3, -0.25) is 9.59 Å². The molecule has 0 aliphatic rings. The first kappa shape index (κ1) is 22.9. The molecule has 1 heterocycles. The fraction of sp³-hybridized carbons (Fsp3) is 0.190. The zero-order chi connectivity index (χ0) is 23.7. The van der Waals surface area contributed by atoms with E-state index in [-0.39, 0.29) is 46.5 Å². The van der Waals surface area contributed by atoms with Gasteiger partial charge >= 0.3 is 11.9 Å². The number of hydrogen-bond acceptors (Lipinski definition) is 6. The number of carbonyl (C=O) groups excluding carboxylic acids is 2. The van der Waals surface area contributed by atoms with Gasteiger partial charge in [-0.05, 0) is 30.6 Å². The fourth-order valence-electron chi connectivity index (χ4n) is 3.31. The van der Waals surface area contributed by atoms with Crippen molar-refractivity contribution in [3.8, 4) is 5.69 Å². The maximum atomic E-state index is 14.4. The Labute approximate surface area is 180 Å². The van der Waals surface area contributed by atoms with Crippen molar-refractivity contribution in [1.29, 1.82) is 0 Å². The van der Waals surface area contributed by atoms with E-state index in [1.807, 2.05) is 0 Å². The van der Waals surface area contributed by atoms with Gasteiger partial charge in [0, 0.05) is 24.1 Å². The first-order chi connectivity index (χ1) is 15.1. The van der Waals surface area contributed by atoms with Crippen LogP contribution < -0.4 is 16.6 Å². The van der Waals surface area contributed by atoms with E-state index in [0.717, 1.165) is 19.2 Å². The number of anilines is 1. The molecular formula is C21H18BF3N2O5. The molecule has 0 spiro atoms.